The van der Waals surface area contributed by atoms with Gasteiger partial charge in [0.1, 0.15) is 28.2 Å². The molecule has 0 aliphatic rings. The number of hydrogen-bond donors (Lipinski definition) is 2. The number of aromatic hydroxyl groups is 2. The predicted octanol–water partition coefficient (Wildman–Crippen LogP) is 3.55. The van der Waals surface area contributed by atoms with Crippen molar-refractivity contribution in [2.45, 2.75) is 13.3 Å². The lowest BCUT2D eigenvalue weighted by molar-refractivity contribution is -0.145. The monoisotopic (exact) mass is 426 g/mol. The Kier molecular flexibility index (Phi) is 6.49. The van der Waals surface area contributed by atoms with Crippen molar-refractivity contribution in [1.82, 2.24) is 0 Å². The van der Waals surface area contributed by atoms with E-state index in [1.165, 1.54) is 25.3 Å². The zero-order chi connectivity index (χ0) is 22.5. The lowest BCUT2D eigenvalue weighted by Crippen LogP contribution is -2.14. The first kappa shape index (κ1) is 21.8. The van der Waals surface area contributed by atoms with Crippen LogP contribution >= 0.6 is 0 Å². The summed E-state index contributed by atoms with van der Waals surface area (Å²) in [6.07, 6.45) is 1.69. The third kappa shape index (κ3) is 4.48. The molecule has 0 fully saturated rings. The van der Waals surface area contributed by atoms with Crippen LogP contribution in [0.3, 0.4) is 0 Å². The molecule has 3 aromatic rings. The second-order valence-corrected chi connectivity index (χ2v) is 6.52. The first-order chi connectivity index (χ1) is 14.9. The van der Waals surface area contributed by atoms with Crippen LogP contribution in [0.25, 0.3) is 22.3 Å². The average Bonchev–Trinajstić information content (AvgIpc) is 2.74. The molecular weight excluding hydrogens is 404 g/mol. The summed E-state index contributed by atoms with van der Waals surface area (Å²) in [5, 5.41) is 20.6. The van der Waals surface area contributed by atoms with E-state index in [9.17, 15) is 19.8 Å². The second kappa shape index (κ2) is 9.25. The zero-order valence-corrected chi connectivity index (χ0v) is 17.1. The number of fused-ring (bicyclic) bond motifs is 1. The lowest BCUT2D eigenvalue weighted by Gasteiger charge is -2.13. The highest BCUT2D eigenvalue weighted by Gasteiger charge is 2.18. The minimum Gasteiger partial charge on any atom is -0.507 e. The van der Waals surface area contributed by atoms with Gasteiger partial charge in [-0.3, -0.25) is 4.79 Å². The van der Waals surface area contributed by atoms with Crippen LogP contribution in [0.1, 0.15) is 12.5 Å². The molecule has 31 heavy (non-hydrogen) atoms. The number of carbonyl (C=O) groups excluding carboxylic acids is 1. The summed E-state index contributed by atoms with van der Waals surface area (Å²) in [6.45, 7) is 5.19. The van der Waals surface area contributed by atoms with Crippen molar-refractivity contribution in [3.05, 3.63) is 58.8 Å². The van der Waals surface area contributed by atoms with E-state index in [4.69, 9.17) is 18.6 Å². The molecule has 0 saturated heterocycles. The number of ether oxygens (including phenoxy) is 3. The minimum atomic E-state index is -0.534. The number of phenols is 2. The number of phenolic OH excluding ortho intramolecular Hbond substituents is 2. The van der Waals surface area contributed by atoms with Gasteiger partial charge in [-0.2, -0.15) is 0 Å². The molecule has 1 aromatic heterocycles. The van der Waals surface area contributed by atoms with Gasteiger partial charge in [0.15, 0.2) is 23.5 Å². The molecule has 8 nitrogen and oxygen atoms in total. The highest BCUT2D eigenvalue weighted by Crippen LogP contribution is 2.37. The van der Waals surface area contributed by atoms with Crippen LogP contribution in [0, 0.1) is 0 Å². The Labute approximate surface area is 177 Å². The van der Waals surface area contributed by atoms with E-state index in [1.54, 1.807) is 25.1 Å². The van der Waals surface area contributed by atoms with E-state index in [0.717, 1.165) is 0 Å². The molecular formula is C23H22O8. The molecule has 1 heterocycles. The van der Waals surface area contributed by atoms with Gasteiger partial charge in [-0.15, -0.1) is 6.58 Å². The van der Waals surface area contributed by atoms with Crippen molar-refractivity contribution in [1.29, 1.82) is 0 Å². The molecule has 8 heteroatoms. The van der Waals surface area contributed by atoms with Crippen LogP contribution < -0.4 is 14.9 Å². The Bertz CT molecular complexity index is 1190. The number of rotatable bonds is 8. The molecule has 0 radical (unpaired) electrons. The van der Waals surface area contributed by atoms with Crippen LogP contribution in [0.5, 0.6) is 23.0 Å². The van der Waals surface area contributed by atoms with Crippen LogP contribution in [0.2, 0.25) is 0 Å². The standard InChI is InChI=1S/C23H22O8/c1-4-6-14-15(24)10-20-22(23(14)27)16(25)11-18(31-20)13-7-8-17(28-3)19(9-13)30-12-21(26)29-5-2/h4,7-11,24,27H,1,5-6,12H2,2-3H3. The summed E-state index contributed by atoms with van der Waals surface area (Å²) in [4.78, 5) is 24.3. The summed E-state index contributed by atoms with van der Waals surface area (Å²) < 4.78 is 21.4. The Morgan fingerprint density at radius 2 is 1.97 bits per heavy atom. The van der Waals surface area contributed by atoms with Gasteiger partial charge in [-0.25, -0.2) is 4.79 Å². The van der Waals surface area contributed by atoms with Gasteiger partial charge in [0.25, 0.3) is 0 Å². The highest BCUT2D eigenvalue weighted by atomic mass is 16.6. The van der Waals surface area contributed by atoms with Crippen molar-refractivity contribution in [3.63, 3.8) is 0 Å². The van der Waals surface area contributed by atoms with Gasteiger partial charge in [0.05, 0.1) is 13.7 Å². The normalized spacial score (nSPS) is 10.6. The van der Waals surface area contributed by atoms with Gasteiger partial charge in [0, 0.05) is 23.3 Å². The molecule has 3 rings (SSSR count). The average molecular weight is 426 g/mol. The largest absolute Gasteiger partial charge is 0.507 e. The molecule has 0 bridgehead atoms. The van der Waals surface area contributed by atoms with Gasteiger partial charge in [-0.05, 0) is 31.5 Å². The van der Waals surface area contributed by atoms with Crippen molar-refractivity contribution in [2.75, 3.05) is 20.3 Å². The molecule has 162 valence electrons. The molecule has 2 aromatic carbocycles. The fraction of sp³-hybridized carbons (Fsp3) is 0.217. The van der Waals surface area contributed by atoms with Gasteiger partial charge < -0.3 is 28.8 Å². The number of allylic oxidation sites excluding steroid dienone is 1. The molecule has 0 spiro atoms. The van der Waals surface area contributed by atoms with Crippen molar-refractivity contribution in [2.24, 2.45) is 0 Å². The Balaban J connectivity index is 2.06. The Morgan fingerprint density at radius 1 is 1.19 bits per heavy atom. The highest BCUT2D eigenvalue weighted by molar-refractivity contribution is 5.88. The molecule has 0 aliphatic carbocycles. The van der Waals surface area contributed by atoms with E-state index in [2.05, 4.69) is 6.58 Å². The lowest BCUT2D eigenvalue weighted by atomic mass is 10.0. The van der Waals surface area contributed by atoms with E-state index in [-0.39, 0.29) is 59.2 Å². The molecule has 0 unspecified atom stereocenters. The van der Waals surface area contributed by atoms with Crippen LogP contribution in [-0.2, 0) is 16.0 Å². The fourth-order valence-electron chi connectivity index (χ4n) is 3.10. The maximum atomic E-state index is 12.7. The Hall–Kier alpha value is -3.94. The molecule has 2 N–H and O–H groups in total. The first-order valence-electron chi connectivity index (χ1n) is 9.49. The number of carbonyl (C=O) groups is 1. The van der Waals surface area contributed by atoms with Crippen LogP contribution in [0.15, 0.2) is 52.2 Å². The van der Waals surface area contributed by atoms with Crippen molar-refractivity contribution in [3.8, 4) is 34.3 Å². The number of esters is 1. The van der Waals surface area contributed by atoms with E-state index in [1.807, 2.05) is 0 Å². The summed E-state index contributed by atoms with van der Waals surface area (Å²) in [7, 11) is 1.45. The SMILES string of the molecule is C=CCc1c(O)cc2oc(-c3ccc(OC)c(OCC(=O)OCC)c3)cc(=O)c2c1O. The van der Waals surface area contributed by atoms with E-state index >= 15 is 0 Å². The summed E-state index contributed by atoms with van der Waals surface area (Å²) in [5.74, 6) is -0.282. The second-order valence-electron chi connectivity index (χ2n) is 6.52. The molecule has 0 aliphatic heterocycles. The fourth-order valence-corrected chi connectivity index (χ4v) is 3.10. The maximum Gasteiger partial charge on any atom is 0.344 e. The van der Waals surface area contributed by atoms with Gasteiger partial charge in [-0.1, -0.05) is 6.08 Å². The van der Waals surface area contributed by atoms with E-state index < -0.39 is 11.4 Å². The molecule has 0 saturated carbocycles. The predicted molar refractivity (Wildman–Crippen MR) is 114 cm³/mol. The summed E-state index contributed by atoms with van der Waals surface area (Å²) in [5.41, 5.74) is 0.202. The topological polar surface area (TPSA) is 115 Å². The van der Waals surface area contributed by atoms with Crippen LogP contribution in [0.4, 0.5) is 0 Å². The summed E-state index contributed by atoms with van der Waals surface area (Å²) >= 11 is 0. The third-order valence-electron chi connectivity index (χ3n) is 4.52. The zero-order valence-electron chi connectivity index (χ0n) is 17.1. The first-order valence-corrected chi connectivity index (χ1v) is 9.49. The number of hydrogen-bond acceptors (Lipinski definition) is 8. The number of benzene rings is 2. The summed E-state index contributed by atoms with van der Waals surface area (Å²) in [6, 6.07) is 7.30. The van der Waals surface area contributed by atoms with E-state index in [0.29, 0.717) is 11.3 Å². The number of methoxy groups -OCH3 is 1. The maximum absolute atomic E-state index is 12.7. The van der Waals surface area contributed by atoms with Gasteiger partial charge >= 0.3 is 5.97 Å². The quantitative estimate of drug-likeness (QED) is 0.415. The van der Waals surface area contributed by atoms with Crippen LogP contribution in [-0.4, -0.2) is 36.5 Å². The molecule has 0 amide bonds. The third-order valence-corrected chi connectivity index (χ3v) is 4.52. The van der Waals surface area contributed by atoms with Crippen molar-refractivity contribution >= 4 is 16.9 Å². The smallest absolute Gasteiger partial charge is 0.344 e. The Morgan fingerprint density at radius 3 is 2.65 bits per heavy atom. The molecule has 0 atom stereocenters. The van der Waals surface area contributed by atoms with Crippen molar-refractivity contribution < 1.29 is 33.6 Å². The minimum absolute atomic E-state index is 0.0233. The van der Waals surface area contributed by atoms with Gasteiger partial charge in [0.2, 0.25) is 0 Å².